The van der Waals surface area contributed by atoms with Gasteiger partial charge in [0.25, 0.3) is 0 Å². The van der Waals surface area contributed by atoms with Gasteiger partial charge in [-0.25, -0.2) is 19.9 Å². The van der Waals surface area contributed by atoms with E-state index in [1.807, 2.05) is 103 Å². The summed E-state index contributed by atoms with van der Waals surface area (Å²) >= 11 is 3.47. The van der Waals surface area contributed by atoms with Crippen LogP contribution in [0.1, 0.15) is 14.0 Å². The molecular weight excluding hydrogens is 1440 g/mol. The maximum Gasteiger partial charge on any atom is 0.160 e. The molecule has 536 valence electrons. The first-order valence-electron chi connectivity index (χ1n) is 38.0. The minimum Gasteiger partial charge on any atom is -0.455 e. The highest BCUT2D eigenvalue weighted by Gasteiger charge is 2.22. The Balaban J connectivity index is 0.000000133. The lowest BCUT2D eigenvalue weighted by atomic mass is 9.97. The third kappa shape index (κ3) is 13.2. The molecule has 22 rings (SSSR count). The van der Waals surface area contributed by atoms with E-state index in [1.54, 1.807) is 0 Å². The van der Waals surface area contributed by atoms with Gasteiger partial charge in [0, 0.05) is 89.8 Å². The highest BCUT2D eigenvalue weighted by atomic mass is 79.9. The first kappa shape index (κ1) is 67.9. The third-order valence-corrected chi connectivity index (χ3v) is 22.0. The number of furan rings is 2. The van der Waals surface area contributed by atoms with Crippen LogP contribution in [0, 0.1) is 0 Å². The zero-order valence-corrected chi connectivity index (χ0v) is 62.8. The predicted octanol–water partition coefficient (Wildman–Crippen LogP) is 29.0. The van der Waals surface area contributed by atoms with Gasteiger partial charge in [0.15, 0.2) is 11.6 Å². The summed E-state index contributed by atoms with van der Waals surface area (Å²) in [4.78, 5) is 20.2. The lowest BCUT2D eigenvalue weighted by Gasteiger charge is -2.11. The molecule has 0 saturated carbocycles. The molecule has 1 aliphatic rings. The fourth-order valence-electron chi connectivity index (χ4n) is 16.0. The van der Waals surface area contributed by atoms with Crippen molar-refractivity contribution in [2.45, 2.75) is 6.42 Å². The fourth-order valence-corrected chi connectivity index (χ4v) is 16.2. The van der Waals surface area contributed by atoms with Crippen molar-refractivity contribution in [3.8, 4) is 129 Å². The fraction of sp³-hybridized carbons (Fsp3) is 0.00952. The molecule has 0 bridgehead atoms. The maximum atomic E-state index is 6.37. The van der Waals surface area contributed by atoms with Crippen molar-refractivity contribution in [2.24, 2.45) is 0 Å². The minimum absolute atomic E-state index is 0. The van der Waals surface area contributed by atoms with E-state index >= 15 is 0 Å². The van der Waals surface area contributed by atoms with Crippen LogP contribution in [-0.2, 0) is 6.42 Å². The Morgan fingerprint density at radius 2 is 0.602 bits per heavy atom. The van der Waals surface area contributed by atoms with Crippen LogP contribution < -0.4 is 0 Å². The van der Waals surface area contributed by atoms with Crippen LogP contribution >= 0.6 is 15.9 Å². The summed E-state index contributed by atoms with van der Waals surface area (Å²) < 4.78 is 15.9. The number of para-hydroxylation sites is 5. The molecule has 21 aromatic rings. The molecule has 0 unspecified atom stereocenters. The molecule has 0 N–H and O–H groups in total. The van der Waals surface area contributed by atoms with Gasteiger partial charge in [-0.15, -0.1) is 0 Å². The Morgan fingerprint density at radius 3 is 1.12 bits per heavy atom. The van der Waals surface area contributed by atoms with Crippen molar-refractivity contribution in [1.82, 2.24) is 24.5 Å². The largest absolute Gasteiger partial charge is 0.455 e. The molecule has 5 aromatic heterocycles. The molecule has 7 nitrogen and oxygen atoms in total. The summed E-state index contributed by atoms with van der Waals surface area (Å²) in [7, 11) is 0. The van der Waals surface area contributed by atoms with Gasteiger partial charge < -0.3 is 13.4 Å². The van der Waals surface area contributed by atoms with Gasteiger partial charge in [-0.2, -0.15) is 0 Å². The molecule has 0 atom stereocenters. The van der Waals surface area contributed by atoms with Gasteiger partial charge in [-0.05, 0) is 147 Å². The standard InChI is InChI=1S/C52H33N3O.C35H24N2.C18H11BrO.2H2/c1-3-13-35(14-4-1)46-33-47(36-15-5-2-6-16-36)54-52(53-46)39-18-11-17-37(31-39)38-27-30-49-45(32-38)42-19-7-9-23-48(42)55(49)40-28-25-34(26-29-40)41-21-12-22-44-43-20-8-10-24-50(43)56-51(41)44;1-3-10-24(11-4-1)33-23-34(25-12-5-2-6-13-25)37-35(36-33)30-16-9-15-26(20-30)27-18-19-29-21-28-14-7-8-17-31(28)32(29)22-27;19-13-10-8-12(9-11-13)14-5-3-6-16-15-4-1-2-7-17(15)20-18(14)16;;/h1-33H;1-20,22-23H,21H2;1-11H;2*1H. The summed E-state index contributed by atoms with van der Waals surface area (Å²) in [5, 5.41) is 7.02. The van der Waals surface area contributed by atoms with Crippen molar-refractivity contribution in [2.75, 3.05) is 0 Å². The Kier molecular flexibility index (Phi) is 17.7. The van der Waals surface area contributed by atoms with Gasteiger partial charge in [0.2, 0.25) is 0 Å². The van der Waals surface area contributed by atoms with Crippen molar-refractivity contribution >= 4 is 81.6 Å². The van der Waals surface area contributed by atoms with Crippen LogP contribution in [-0.4, -0.2) is 24.5 Å². The van der Waals surface area contributed by atoms with E-state index < -0.39 is 0 Å². The molecule has 1 aliphatic carbocycles. The van der Waals surface area contributed by atoms with Crippen LogP contribution in [0.15, 0.2) is 414 Å². The van der Waals surface area contributed by atoms with E-state index in [4.69, 9.17) is 28.8 Å². The molecule has 5 heterocycles. The highest BCUT2D eigenvalue weighted by molar-refractivity contribution is 9.10. The Morgan fingerprint density at radius 1 is 0.239 bits per heavy atom. The summed E-state index contributed by atoms with van der Waals surface area (Å²) in [5.74, 6) is 1.43. The van der Waals surface area contributed by atoms with E-state index in [1.165, 1.54) is 60.4 Å². The maximum absolute atomic E-state index is 6.37. The summed E-state index contributed by atoms with van der Waals surface area (Å²) in [6, 6.07) is 140. The lowest BCUT2D eigenvalue weighted by Crippen LogP contribution is -1.96. The number of fused-ring (bicyclic) bond motifs is 12. The second kappa shape index (κ2) is 29.5. The molecular formula is C105H72BrN5O2. The van der Waals surface area contributed by atoms with Crippen LogP contribution in [0.4, 0.5) is 0 Å². The van der Waals surface area contributed by atoms with E-state index in [2.05, 4.69) is 318 Å². The quantitative estimate of drug-likeness (QED) is 0.128. The topological polar surface area (TPSA) is 82.8 Å². The predicted molar refractivity (Wildman–Crippen MR) is 474 cm³/mol. The third-order valence-electron chi connectivity index (χ3n) is 21.5. The Bertz CT molecular complexity index is 7030. The van der Waals surface area contributed by atoms with Gasteiger partial charge in [0.05, 0.1) is 33.8 Å². The lowest BCUT2D eigenvalue weighted by molar-refractivity contribution is 0.669. The van der Waals surface area contributed by atoms with Crippen LogP contribution in [0.25, 0.3) is 195 Å². The molecule has 0 aliphatic heterocycles. The number of hydrogen-bond donors (Lipinski definition) is 0. The molecule has 113 heavy (non-hydrogen) atoms. The summed E-state index contributed by atoms with van der Waals surface area (Å²) in [6.45, 7) is 0. The average Bonchev–Trinajstić information content (AvgIpc) is 1.69. The monoisotopic (exact) mass is 1510 g/mol. The van der Waals surface area contributed by atoms with Gasteiger partial charge in [-0.1, -0.05) is 331 Å². The number of hydrogen-bond acceptors (Lipinski definition) is 6. The van der Waals surface area contributed by atoms with Crippen molar-refractivity contribution < 1.29 is 11.7 Å². The Labute approximate surface area is 664 Å². The average molecular weight is 1520 g/mol. The first-order valence-corrected chi connectivity index (χ1v) is 38.8. The SMILES string of the molecule is Brc1ccc(-c2cccc3c2oc2ccccc23)cc1.[HH].[HH].c1ccc(-c2cc(-c3ccccc3)nc(-c3cccc(-c4ccc5c(c4)-c4ccccc4C5)c3)n2)cc1.c1ccc(-c2cc(-c3ccccc3)nc(-c3cccc(-c4ccc5c(c4)c4ccccc4n5-c4ccc(-c5cccc6c5oc5ccccc56)cc4)c3)n2)cc1. The van der Waals surface area contributed by atoms with E-state index in [9.17, 15) is 0 Å². The zero-order valence-electron chi connectivity index (χ0n) is 61.2. The smallest absolute Gasteiger partial charge is 0.160 e. The molecule has 8 heteroatoms. The first-order chi connectivity index (χ1) is 55.9. The number of aromatic nitrogens is 5. The molecule has 16 aromatic carbocycles. The number of rotatable bonds is 11. The number of halogens is 1. The normalized spacial score (nSPS) is 11.5. The molecule has 0 radical (unpaired) electrons. The summed E-state index contributed by atoms with van der Waals surface area (Å²) in [6.07, 6.45) is 1.01. The number of benzene rings is 16. The second-order valence-corrected chi connectivity index (χ2v) is 29.4. The minimum atomic E-state index is 0. The molecule has 0 saturated heterocycles. The second-order valence-electron chi connectivity index (χ2n) is 28.5. The molecule has 0 fully saturated rings. The van der Waals surface area contributed by atoms with Crippen molar-refractivity contribution in [1.29, 1.82) is 0 Å². The zero-order chi connectivity index (χ0) is 75.1. The highest BCUT2D eigenvalue weighted by Crippen LogP contribution is 2.43. The molecule has 0 spiro atoms. The van der Waals surface area contributed by atoms with E-state index in [0.717, 1.165) is 151 Å². The van der Waals surface area contributed by atoms with E-state index in [0.29, 0.717) is 5.82 Å². The summed E-state index contributed by atoms with van der Waals surface area (Å²) in [5.41, 5.74) is 31.7. The molecule has 0 amide bonds. The van der Waals surface area contributed by atoms with Crippen LogP contribution in [0.3, 0.4) is 0 Å². The van der Waals surface area contributed by atoms with Gasteiger partial charge in [-0.3, -0.25) is 0 Å². The van der Waals surface area contributed by atoms with E-state index in [-0.39, 0.29) is 2.85 Å². The van der Waals surface area contributed by atoms with Crippen LogP contribution in [0.5, 0.6) is 0 Å². The number of nitrogens with zero attached hydrogens (tertiary/aromatic N) is 5. The Hall–Kier alpha value is -14.4. The van der Waals surface area contributed by atoms with Gasteiger partial charge in [0.1, 0.15) is 22.3 Å². The van der Waals surface area contributed by atoms with Gasteiger partial charge >= 0.3 is 0 Å². The van der Waals surface area contributed by atoms with Crippen molar-refractivity contribution in [3.05, 3.63) is 416 Å². The van der Waals surface area contributed by atoms with Crippen LogP contribution in [0.2, 0.25) is 0 Å². The van der Waals surface area contributed by atoms with Crippen molar-refractivity contribution in [3.63, 3.8) is 0 Å².